The van der Waals surface area contributed by atoms with Gasteiger partial charge in [-0.15, -0.1) is 31.7 Å². The number of aryl methyl sites for hydroxylation is 1. The van der Waals surface area contributed by atoms with Crippen LogP contribution in [-0.2, 0) is 12.8 Å². The first kappa shape index (κ1) is 17.2. The number of thiazole rings is 1. The molecule has 10 heteroatoms. The molecule has 3 heterocycles. The van der Waals surface area contributed by atoms with Gasteiger partial charge in [-0.3, -0.25) is 0 Å². The third-order valence-electron chi connectivity index (χ3n) is 3.55. The summed E-state index contributed by atoms with van der Waals surface area (Å²) in [6.07, 6.45) is 0. The van der Waals surface area contributed by atoms with Crippen molar-refractivity contribution >= 4 is 34.7 Å². The molecule has 132 valence electrons. The molecule has 0 aliphatic rings. The summed E-state index contributed by atoms with van der Waals surface area (Å²) in [4.78, 5) is 4.45. The zero-order chi connectivity index (χ0) is 18.1. The lowest BCUT2D eigenvalue weighted by molar-refractivity contribution is 0.528. The maximum absolute atomic E-state index is 6.00. The van der Waals surface area contributed by atoms with Crippen molar-refractivity contribution in [3.05, 3.63) is 45.6 Å². The molecule has 26 heavy (non-hydrogen) atoms. The zero-order valence-electron chi connectivity index (χ0n) is 13.9. The Hall–Kier alpha value is -2.23. The SMILES string of the molecule is Cc1nc(-c2nnc(SCc3nnc(-c4cccc(Cl)c4)o3)n2C)cs1. The molecule has 0 bridgehead atoms. The van der Waals surface area contributed by atoms with Crippen LogP contribution in [-0.4, -0.2) is 29.9 Å². The van der Waals surface area contributed by atoms with E-state index in [0.29, 0.717) is 22.6 Å². The van der Waals surface area contributed by atoms with Gasteiger partial charge in [0.05, 0.1) is 10.8 Å². The normalized spacial score (nSPS) is 11.2. The Morgan fingerprint density at radius 3 is 2.88 bits per heavy atom. The Morgan fingerprint density at radius 1 is 1.23 bits per heavy atom. The van der Waals surface area contributed by atoms with Gasteiger partial charge in [-0.25, -0.2) is 4.98 Å². The van der Waals surface area contributed by atoms with Crippen LogP contribution in [0.1, 0.15) is 10.9 Å². The van der Waals surface area contributed by atoms with E-state index in [1.54, 1.807) is 23.5 Å². The maximum Gasteiger partial charge on any atom is 0.247 e. The monoisotopic (exact) mass is 404 g/mol. The van der Waals surface area contributed by atoms with Gasteiger partial charge >= 0.3 is 0 Å². The summed E-state index contributed by atoms with van der Waals surface area (Å²) in [6, 6.07) is 7.31. The number of thioether (sulfide) groups is 1. The number of aromatic nitrogens is 6. The zero-order valence-corrected chi connectivity index (χ0v) is 16.3. The number of benzene rings is 1. The van der Waals surface area contributed by atoms with Crippen molar-refractivity contribution in [2.75, 3.05) is 0 Å². The second-order valence-electron chi connectivity index (χ2n) is 5.42. The molecular formula is C16H13ClN6OS2. The Bertz CT molecular complexity index is 1060. The van der Waals surface area contributed by atoms with Gasteiger partial charge in [-0.1, -0.05) is 29.4 Å². The summed E-state index contributed by atoms with van der Waals surface area (Å²) in [5.74, 6) is 2.19. The second kappa shape index (κ2) is 7.18. The molecule has 0 fully saturated rings. The van der Waals surface area contributed by atoms with E-state index in [4.69, 9.17) is 16.0 Å². The summed E-state index contributed by atoms with van der Waals surface area (Å²) in [7, 11) is 1.91. The molecule has 0 aliphatic carbocycles. The van der Waals surface area contributed by atoms with Gasteiger partial charge in [0.25, 0.3) is 0 Å². The molecule has 0 aliphatic heterocycles. The molecule has 0 N–H and O–H groups in total. The minimum absolute atomic E-state index is 0.444. The highest BCUT2D eigenvalue weighted by molar-refractivity contribution is 7.98. The third-order valence-corrected chi connectivity index (χ3v) is 5.56. The number of nitrogens with zero attached hydrogens (tertiary/aromatic N) is 6. The van der Waals surface area contributed by atoms with Crippen molar-refractivity contribution in [3.63, 3.8) is 0 Å². The molecule has 0 saturated carbocycles. The molecule has 1 aromatic carbocycles. The van der Waals surface area contributed by atoms with Crippen LogP contribution in [0, 0.1) is 6.92 Å². The smallest absolute Gasteiger partial charge is 0.247 e. The van der Waals surface area contributed by atoms with Crippen LogP contribution in [0.2, 0.25) is 5.02 Å². The lowest BCUT2D eigenvalue weighted by atomic mass is 10.2. The lowest BCUT2D eigenvalue weighted by Crippen LogP contribution is -1.95. The standard InChI is InChI=1S/C16H13ClN6OS2/c1-9-18-12(7-25-9)14-20-22-16(23(14)2)26-8-13-19-21-15(24-13)10-4-3-5-11(17)6-10/h3-7H,8H2,1-2H3. The molecular weight excluding hydrogens is 392 g/mol. The van der Waals surface area contributed by atoms with Crippen LogP contribution in [0.3, 0.4) is 0 Å². The topological polar surface area (TPSA) is 82.5 Å². The van der Waals surface area contributed by atoms with E-state index in [1.165, 1.54) is 11.8 Å². The van der Waals surface area contributed by atoms with Crippen molar-refractivity contribution in [2.24, 2.45) is 7.05 Å². The molecule has 4 rings (SSSR count). The molecule has 0 radical (unpaired) electrons. The van der Waals surface area contributed by atoms with Crippen LogP contribution in [0.15, 0.2) is 39.2 Å². The van der Waals surface area contributed by atoms with Gasteiger partial charge in [0.2, 0.25) is 11.8 Å². The first-order chi connectivity index (χ1) is 12.6. The van der Waals surface area contributed by atoms with E-state index >= 15 is 0 Å². The Balaban J connectivity index is 1.48. The van der Waals surface area contributed by atoms with Crippen LogP contribution < -0.4 is 0 Å². The number of halogens is 1. The number of rotatable bonds is 5. The summed E-state index contributed by atoms with van der Waals surface area (Å²) < 4.78 is 7.62. The summed E-state index contributed by atoms with van der Waals surface area (Å²) >= 11 is 9.06. The minimum Gasteiger partial charge on any atom is -0.420 e. The van der Waals surface area contributed by atoms with Crippen molar-refractivity contribution in [1.29, 1.82) is 0 Å². The van der Waals surface area contributed by atoms with Gasteiger partial charge in [-0.2, -0.15) is 0 Å². The summed E-state index contributed by atoms with van der Waals surface area (Å²) in [6.45, 7) is 1.97. The molecule has 0 unspecified atom stereocenters. The van der Waals surface area contributed by atoms with Crippen LogP contribution in [0.25, 0.3) is 23.0 Å². The first-order valence-corrected chi connectivity index (χ1v) is 9.87. The highest BCUT2D eigenvalue weighted by atomic mass is 35.5. The molecule has 0 saturated heterocycles. The number of hydrogen-bond donors (Lipinski definition) is 0. The highest BCUT2D eigenvalue weighted by Crippen LogP contribution is 2.27. The maximum atomic E-state index is 6.00. The molecule has 4 aromatic rings. The molecule has 0 spiro atoms. The van der Waals surface area contributed by atoms with Crippen molar-refractivity contribution < 1.29 is 4.42 Å². The van der Waals surface area contributed by atoms with E-state index in [2.05, 4.69) is 25.4 Å². The van der Waals surface area contributed by atoms with E-state index in [1.807, 2.05) is 36.1 Å². The second-order valence-corrected chi connectivity index (χ2v) is 7.86. The van der Waals surface area contributed by atoms with Gasteiger partial charge in [0, 0.05) is 23.0 Å². The van der Waals surface area contributed by atoms with Gasteiger partial charge in [0.15, 0.2) is 11.0 Å². The molecule has 3 aromatic heterocycles. The first-order valence-electron chi connectivity index (χ1n) is 7.63. The van der Waals surface area contributed by atoms with Crippen molar-refractivity contribution in [1.82, 2.24) is 29.9 Å². The third kappa shape index (κ3) is 3.50. The molecule has 7 nitrogen and oxygen atoms in total. The van der Waals surface area contributed by atoms with Gasteiger partial charge in [-0.05, 0) is 25.1 Å². The predicted octanol–water partition coefficient (Wildman–Crippen LogP) is 4.24. The van der Waals surface area contributed by atoms with Crippen LogP contribution >= 0.6 is 34.7 Å². The van der Waals surface area contributed by atoms with E-state index < -0.39 is 0 Å². The van der Waals surface area contributed by atoms with E-state index in [9.17, 15) is 0 Å². The Morgan fingerprint density at radius 2 is 2.12 bits per heavy atom. The van der Waals surface area contributed by atoms with Crippen molar-refractivity contribution in [2.45, 2.75) is 17.8 Å². The van der Waals surface area contributed by atoms with Gasteiger partial charge < -0.3 is 8.98 Å². The van der Waals surface area contributed by atoms with E-state index in [-0.39, 0.29) is 0 Å². The van der Waals surface area contributed by atoms with Crippen LogP contribution in [0.5, 0.6) is 0 Å². The van der Waals surface area contributed by atoms with Crippen molar-refractivity contribution in [3.8, 4) is 23.0 Å². The fourth-order valence-electron chi connectivity index (χ4n) is 2.31. The summed E-state index contributed by atoms with van der Waals surface area (Å²) in [5, 5.41) is 21.0. The molecule has 0 atom stereocenters. The fourth-order valence-corrected chi connectivity index (χ4v) is 3.84. The largest absolute Gasteiger partial charge is 0.420 e. The number of hydrogen-bond acceptors (Lipinski definition) is 8. The minimum atomic E-state index is 0.444. The highest BCUT2D eigenvalue weighted by Gasteiger charge is 2.15. The predicted molar refractivity (Wildman–Crippen MR) is 101 cm³/mol. The average molecular weight is 405 g/mol. The Kier molecular flexibility index (Phi) is 4.75. The van der Waals surface area contributed by atoms with E-state index in [0.717, 1.165) is 27.2 Å². The fraction of sp³-hybridized carbons (Fsp3) is 0.188. The average Bonchev–Trinajstić information content (AvgIpc) is 3.33. The molecule has 0 amide bonds. The van der Waals surface area contributed by atoms with Gasteiger partial charge in [0.1, 0.15) is 5.69 Å². The Labute approximate surface area is 162 Å². The summed E-state index contributed by atoms with van der Waals surface area (Å²) in [5.41, 5.74) is 1.62. The quantitative estimate of drug-likeness (QED) is 0.460. The van der Waals surface area contributed by atoms with Crippen LogP contribution in [0.4, 0.5) is 0 Å². The lowest BCUT2D eigenvalue weighted by Gasteiger charge is -2.00.